The van der Waals surface area contributed by atoms with Gasteiger partial charge in [0.25, 0.3) is 0 Å². The standard InChI is InChI=1S/C16H25NO3/c1-12(2)10-11-16(3,15(18)20-5)17-13-6-8-14(19-4)9-7-13/h6-9,12,17H,10-11H2,1-5H3. The summed E-state index contributed by atoms with van der Waals surface area (Å²) in [4.78, 5) is 12.1. The summed E-state index contributed by atoms with van der Waals surface area (Å²) in [6.07, 6.45) is 1.68. The Morgan fingerprint density at radius 2 is 1.85 bits per heavy atom. The van der Waals surface area contributed by atoms with E-state index in [1.165, 1.54) is 7.11 Å². The Morgan fingerprint density at radius 3 is 2.30 bits per heavy atom. The molecule has 4 nitrogen and oxygen atoms in total. The number of rotatable bonds is 7. The van der Waals surface area contributed by atoms with Crippen LogP contribution < -0.4 is 10.1 Å². The van der Waals surface area contributed by atoms with Crippen molar-refractivity contribution < 1.29 is 14.3 Å². The Bertz CT molecular complexity index is 428. The van der Waals surface area contributed by atoms with E-state index in [2.05, 4.69) is 19.2 Å². The van der Waals surface area contributed by atoms with Crippen LogP contribution in [0.4, 0.5) is 5.69 Å². The largest absolute Gasteiger partial charge is 0.497 e. The number of esters is 1. The van der Waals surface area contributed by atoms with Gasteiger partial charge in [-0.1, -0.05) is 13.8 Å². The Kier molecular flexibility index (Phi) is 5.86. The molecular formula is C16H25NO3. The number of nitrogens with one attached hydrogen (secondary N) is 1. The topological polar surface area (TPSA) is 47.6 Å². The van der Waals surface area contributed by atoms with Gasteiger partial charge in [0.05, 0.1) is 14.2 Å². The van der Waals surface area contributed by atoms with Gasteiger partial charge in [-0.25, -0.2) is 4.79 Å². The minimum atomic E-state index is -0.715. The molecule has 112 valence electrons. The van der Waals surface area contributed by atoms with Crippen molar-refractivity contribution in [2.45, 2.75) is 39.2 Å². The van der Waals surface area contributed by atoms with Gasteiger partial charge in [0.1, 0.15) is 11.3 Å². The highest BCUT2D eigenvalue weighted by atomic mass is 16.5. The normalized spacial score (nSPS) is 13.7. The molecule has 1 rings (SSSR count). The lowest BCUT2D eigenvalue weighted by atomic mass is 9.91. The summed E-state index contributed by atoms with van der Waals surface area (Å²) in [5.74, 6) is 1.09. The van der Waals surface area contributed by atoms with Gasteiger partial charge >= 0.3 is 5.97 Å². The fourth-order valence-electron chi connectivity index (χ4n) is 2.01. The number of hydrogen-bond acceptors (Lipinski definition) is 4. The summed E-state index contributed by atoms with van der Waals surface area (Å²) in [6.45, 7) is 6.17. The molecule has 0 heterocycles. The molecule has 0 aliphatic rings. The first-order valence-electron chi connectivity index (χ1n) is 6.92. The second-order valence-electron chi connectivity index (χ2n) is 5.61. The number of methoxy groups -OCH3 is 2. The van der Waals surface area contributed by atoms with Crippen molar-refractivity contribution in [2.24, 2.45) is 5.92 Å². The van der Waals surface area contributed by atoms with E-state index in [0.717, 1.165) is 24.3 Å². The van der Waals surface area contributed by atoms with E-state index < -0.39 is 5.54 Å². The average Bonchev–Trinajstić information content (AvgIpc) is 2.45. The summed E-state index contributed by atoms with van der Waals surface area (Å²) in [6, 6.07) is 7.52. The van der Waals surface area contributed by atoms with Crippen LogP contribution in [-0.4, -0.2) is 25.7 Å². The van der Waals surface area contributed by atoms with Gasteiger partial charge in [0, 0.05) is 5.69 Å². The van der Waals surface area contributed by atoms with Gasteiger partial charge in [-0.2, -0.15) is 0 Å². The molecule has 0 aliphatic carbocycles. The molecule has 0 saturated heterocycles. The Hall–Kier alpha value is -1.71. The minimum Gasteiger partial charge on any atom is -0.497 e. The SMILES string of the molecule is COC(=O)C(C)(CCC(C)C)Nc1ccc(OC)cc1. The van der Waals surface area contributed by atoms with Crippen molar-refractivity contribution in [2.75, 3.05) is 19.5 Å². The molecule has 1 N–H and O–H groups in total. The van der Waals surface area contributed by atoms with Crippen LogP contribution in [0.2, 0.25) is 0 Å². The molecule has 0 saturated carbocycles. The van der Waals surface area contributed by atoms with Crippen LogP contribution in [0.25, 0.3) is 0 Å². The van der Waals surface area contributed by atoms with E-state index in [0.29, 0.717) is 5.92 Å². The number of hydrogen-bond donors (Lipinski definition) is 1. The summed E-state index contributed by atoms with van der Waals surface area (Å²) in [7, 11) is 3.05. The lowest BCUT2D eigenvalue weighted by Gasteiger charge is -2.29. The molecule has 0 aromatic heterocycles. The molecule has 1 aromatic rings. The zero-order chi connectivity index (χ0) is 15.2. The number of anilines is 1. The first-order chi connectivity index (χ1) is 9.41. The fraction of sp³-hybridized carbons (Fsp3) is 0.562. The maximum atomic E-state index is 12.1. The van der Waals surface area contributed by atoms with Crippen LogP contribution in [0, 0.1) is 5.92 Å². The van der Waals surface area contributed by atoms with Crippen LogP contribution >= 0.6 is 0 Å². The van der Waals surface area contributed by atoms with Gasteiger partial charge in [-0.3, -0.25) is 0 Å². The van der Waals surface area contributed by atoms with Crippen molar-refractivity contribution in [1.82, 2.24) is 0 Å². The van der Waals surface area contributed by atoms with Crippen molar-refractivity contribution in [3.8, 4) is 5.75 Å². The zero-order valence-electron chi connectivity index (χ0n) is 13.0. The van der Waals surface area contributed by atoms with Crippen LogP contribution in [0.15, 0.2) is 24.3 Å². The zero-order valence-corrected chi connectivity index (χ0v) is 13.0. The van der Waals surface area contributed by atoms with Crippen LogP contribution in [-0.2, 0) is 9.53 Å². The highest BCUT2D eigenvalue weighted by Crippen LogP contribution is 2.25. The van der Waals surface area contributed by atoms with E-state index in [9.17, 15) is 4.79 Å². The van der Waals surface area contributed by atoms with Gasteiger partial charge in [0.15, 0.2) is 0 Å². The molecule has 4 heteroatoms. The number of ether oxygens (including phenoxy) is 2. The Balaban J connectivity index is 2.84. The maximum Gasteiger partial charge on any atom is 0.331 e. The molecule has 0 amide bonds. The van der Waals surface area contributed by atoms with Crippen LogP contribution in [0.1, 0.15) is 33.6 Å². The number of carbonyl (C=O) groups is 1. The molecule has 1 unspecified atom stereocenters. The van der Waals surface area contributed by atoms with Crippen molar-refractivity contribution >= 4 is 11.7 Å². The van der Waals surface area contributed by atoms with Gasteiger partial charge in [-0.15, -0.1) is 0 Å². The quantitative estimate of drug-likeness (QED) is 0.776. The monoisotopic (exact) mass is 279 g/mol. The molecule has 1 aromatic carbocycles. The minimum absolute atomic E-state index is 0.242. The number of benzene rings is 1. The second-order valence-corrected chi connectivity index (χ2v) is 5.61. The van der Waals surface area contributed by atoms with Crippen molar-refractivity contribution in [3.63, 3.8) is 0 Å². The Labute approximate surface area is 121 Å². The summed E-state index contributed by atoms with van der Waals surface area (Å²) in [5.41, 5.74) is 0.163. The van der Waals surface area contributed by atoms with E-state index in [1.54, 1.807) is 7.11 Å². The highest BCUT2D eigenvalue weighted by molar-refractivity contribution is 5.84. The third kappa shape index (κ3) is 4.44. The molecule has 0 radical (unpaired) electrons. The predicted molar refractivity (Wildman–Crippen MR) is 81.1 cm³/mol. The summed E-state index contributed by atoms with van der Waals surface area (Å²) >= 11 is 0. The summed E-state index contributed by atoms with van der Waals surface area (Å²) in [5, 5.41) is 3.28. The van der Waals surface area contributed by atoms with E-state index in [4.69, 9.17) is 9.47 Å². The maximum absolute atomic E-state index is 12.1. The second kappa shape index (κ2) is 7.17. The highest BCUT2D eigenvalue weighted by Gasteiger charge is 2.34. The van der Waals surface area contributed by atoms with Crippen LogP contribution in [0.3, 0.4) is 0 Å². The molecule has 20 heavy (non-hydrogen) atoms. The fourth-order valence-corrected chi connectivity index (χ4v) is 2.01. The molecule has 0 fully saturated rings. The van der Waals surface area contributed by atoms with E-state index in [1.807, 2.05) is 31.2 Å². The lowest BCUT2D eigenvalue weighted by molar-refractivity contribution is -0.145. The van der Waals surface area contributed by atoms with Crippen molar-refractivity contribution in [1.29, 1.82) is 0 Å². The number of carbonyl (C=O) groups excluding carboxylic acids is 1. The van der Waals surface area contributed by atoms with Gasteiger partial charge < -0.3 is 14.8 Å². The average molecular weight is 279 g/mol. The molecular weight excluding hydrogens is 254 g/mol. The van der Waals surface area contributed by atoms with E-state index in [-0.39, 0.29) is 5.97 Å². The summed E-state index contributed by atoms with van der Waals surface area (Å²) < 4.78 is 10.1. The first kappa shape index (κ1) is 16.3. The smallest absolute Gasteiger partial charge is 0.331 e. The molecule has 0 spiro atoms. The molecule has 1 atom stereocenters. The van der Waals surface area contributed by atoms with Crippen molar-refractivity contribution in [3.05, 3.63) is 24.3 Å². The lowest BCUT2D eigenvalue weighted by Crippen LogP contribution is -2.44. The third-order valence-corrected chi connectivity index (χ3v) is 3.37. The molecule has 0 aliphatic heterocycles. The van der Waals surface area contributed by atoms with Crippen LogP contribution in [0.5, 0.6) is 5.75 Å². The molecule has 0 bridgehead atoms. The predicted octanol–water partition coefficient (Wildman–Crippen LogP) is 3.48. The van der Waals surface area contributed by atoms with E-state index >= 15 is 0 Å². The van der Waals surface area contributed by atoms with Gasteiger partial charge in [0.2, 0.25) is 0 Å². The van der Waals surface area contributed by atoms with Gasteiger partial charge in [-0.05, 0) is 49.9 Å². The Morgan fingerprint density at radius 1 is 1.25 bits per heavy atom. The first-order valence-corrected chi connectivity index (χ1v) is 6.92. The third-order valence-electron chi connectivity index (χ3n) is 3.37.